The van der Waals surface area contributed by atoms with Crippen LogP contribution in [0.2, 0.25) is 5.02 Å². The van der Waals surface area contributed by atoms with Crippen molar-refractivity contribution in [1.29, 1.82) is 0 Å². The van der Waals surface area contributed by atoms with Crippen LogP contribution in [0.4, 0.5) is 0 Å². The van der Waals surface area contributed by atoms with Crippen molar-refractivity contribution in [1.82, 2.24) is 5.32 Å². The fourth-order valence-corrected chi connectivity index (χ4v) is 2.28. The van der Waals surface area contributed by atoms with Gasteiger partial charge in [0, 0.05) is 6.54 Å². The van der Waals surface area contributed by atoms with E-state index in [9.17, 15) is 4.79 Å². The molecule has 0 aliphatic heterocycles. The van der Waals surface area contributed by atoms with E-state index in [0.717, 1.165) is 11.1 Å². The van der Waals surface area contributed by atoms with Gasteiger partial charge in [-0.05, 0) is 55.7 Å². The maximum Gasteiger partial charge on any atom is 0.286 e. The van der Waals surface area contributed by atoms with Crippen LogP contribution in [0.3, 0.4) is 0 Å². The maximum absolute atomic E-state index is 11.7. The van der Waals surface area contributed by atoms with Crippen LogP contribution in [-0.2, 0) is 6.42 Å². The van der Waals surface area contributed by atoms with Gasteiger partial charge in [0.2, 0.25) is 0 Å². The minimum absolute atomic E-state index is 0.213. The molecule has 1 aromatic carbocycles. The van der Waals surface area contributed by atoms with Crippen LogP contribution < -0.4 is 10.1 Å². The zero-order valence-electron chi connectivity index (χ0n) is 12.1. The molecule has 0 unspecified atom stereocenters. The zero-order chi connectivity index (χ0) is 15.2. The highest BCUT2D eigenvalue weighted by atomic mass is 35.5. The molecule has 1 amide bonds. The van der Waals surface area contributed by atoms with Crippen LogP contribution in [0.15, 0.2) is 34.9 Å². The third kappa shape index (κ3) is 4.02. The van der Waals surface area contributed by atoms with Gasteiger partial charge in [-0.1, -0.05) is 11.6 Å². The summed E-state index contributed by atoms with van der Waals surface area (Å²) in [4.78, 5) is 11.7. The molecule has 0 fully saturated rings. The summed E-state index contributed by atoms with van der Waals surface area (Å²) in [5.41, 5.74) is 2.18. The molecule has 5 heteroatoms. The number of rotatable bonds is 6. The number of halogens is 1. The summed E-state index contributed by atoms with van der Waals surface area (Å²) in [6, 6.07) is 7.13. The second kappa shape index (κ2) is 7.18. The fourth-order valence-electron chi connectivity index (χ4n) is 2.04. The molecule has 0 radical (unpaired) electrons. The standard InChI is InChI=1S/C16H18ClNO3/c1-3-20-15-9-11(2)12(10-13(15)17)6-7-18-16(19)14-5-4-8-21-14/h4-5,8-10H,3,6-7H2,1-2H3,(H,18,19). The molecule has 0 saturated heterocycles. The van der Waals surface area contributed by atoms with Crippen LogP contribution in [-0.4, -0.2) is 19.1 Å². The molecule has 1 heterocycles. The Morgan fingerprint density at radius 1 is 1.43 bits per heavy atom. The van der Waals surface area contributed by atoms with E-state index in [1.165, 1.54) is 6.26 Å². The Labute approximate surface area is 129 Å². The van der Waals surface area contributed by atoms with Crippen molar-refractivity contribution in [3.63, 3.8) is 0 Å². The first kappa shape index (κ1) is 15.4. The third-order valence-electron chi connectivity index (χ3n) is 3.12. The number of hydrogen-bond acceptors (Lipinski definition) is 3. The number of furan rings is 1. The SMILES string of the molecule is CCOc1cc(C)c(CCNC(=O)c2ccco2)cc1Cl. The quantitative estimate of drug-likeness (QED) is 0.887. The Bertz CT molecular complexity index is 608. The molecule has 0 aliphatic carbocycles. The summed E-state index contributed by atoms with van der Waals surface area (Å²) in [6.45, 7) is 5.02. The molecule has 0 atom stereocenters. The summed E-state index contributed by atoms with van der Waals surface area (Å²) in [5.74, 6) is 0.797. The minimum atomic E-state index is -0.213. The lowest BCUT2D eigenvalue weighted by molar-refractivity contribution is 0.0926. The molecular weight excluding hydrogens is 290 g/mol. The van der Waals surface area contributed by atoms with Gasteiger partial charge in [-0.2, -0.15) is 0 Å². The molecule has 112 valence electrons. The Morgan fingerprint density at radius 2 is 2.24 bits per heavy atom. The number of ether oxygens (including phenoxy) is 1. The van der Waals surface area contributed by atoms with Gasteiger partial charge in [-0.25, -0.2) is 0 Å². The summed E-state index contributed by atoms with van der Waals surface area (Å²) in [5, 5.41) is 3.41. The zero-order valence-corrected chi connectivity index (χ0v) is 12.9. The summed E-state index contributed by atoms with van der Waals surface area (Å²) >= 11 is 6.18. The molecule has 0 spiro atoms. The average Bonchev–Trinajstić information content (AvgIpc) is 2.98. The fraction of sp³-hybridized carbons (Fsp3) is 0.312. The van der Waals surface area contributed by atoms with Crippen molar-refractivity contribution in [2.45, 2.75) is 20.3 Å². The van der Waals surface area contributed by atoms with E-state index in [1.807, 2.05) is 26.0 Å². The molecular formula is C16H18ClNO3. The van der Waals surface area contributed by atoms with Gasteiger partial charge in [0.1, 0.15) is 5.75 Å². The van der Waals surface area contributed by atoms with E-state index >= 15 is 0 Å². The van der Waals surface area contributed by atoms with Crippen molar-refractivity contribution < 1.29 is 13.9 Å². The molecule has 0 bridgehead atoms. The number of hydrogen-bond donors (Lipinski definition) is 1. The van der Waals surface area contributed by atoms with Gasteiger partial charge < -0.3 is 14.5 Å². The number of amides is 1. The summed E-state index contributed by atoms with van der Waals surface area (Å²) in [7, 11) is 0. The number of aryl methyl sites for hydroxylation is 1. The van der Waals surface area contributed by atoms with Crippen molar-refractivity contribution in [3.8, 4) is 5.75 Å². The van der Waals surface area contributed by atoms with Crippen LogP contribution in [0.25, 0.3) is 0 Å². The van der Waals surface area contributed by atoms with E-state index in [0.29, 0.717) is 36.1 Å². The lowest BCUT2D eigenvalue weighted by Gasteiger charge is -2.11. The first-order valence-electron chi connectivity index (χ1n) is 6.85. The summed E-state index contributed by atoms with van der Waals surface area (Å²) in [6.07, 6.45) is 2.18. The van der Waals surface area contributed by atoms with Crippen LogP contribution >= 0.6 is 11.6 Å². The highest BCUT2D eigenvalue weighted by Crippen LogP contribution is 2.28. The third-order valence-corrected chi connectivity index (χ3v) is 3.41. The number of carbonyl (C=O) groups is 1. The first-order valence-corrected chi connectivity index (χ1v) is 7.23. The Hall–Kier alpha value is -1.94. The minimum Gasteiger partial charge on any atom is -0.492 e. The maximum atomic E-state index is 11.7. The molecule has 0 saturated carbocycles. The number of benzene rings is 1. The van der Waals surface area contributed by atoms with Gasteiger partial charge >= 0.3 is 0 Å². The van der Waals surface area contributed by atoms with E-state index < -0.39 is 0 Å². The lowest BCUT2D eigenvalue weighted by atomic mass is 10.1. The normalized spacial score (nSPS) is 10.4. The smallest absolute Gasteiger partial charge is 0.286 e. The Kier molecular flexibility index (Phi) is 5.28. The van der Waals surface area contributed by atoms with Crippen molar-refractivity contribution in [3.05, 3.63) is 52.4 Å². The Balaban J connectivity index is 1.94. The van der Waals surface area contributed by atoms with Crippen LogP contribution in [0, 0.1) is 6.92 Å². The van der Waals surface area contributed by atoms with E-state index in [2.05, 4.69) is 5.32 Å². The molecule has 21 heavy (non-hydrogen) atoms. The van der Waals surface area contributed by atoms with Gasteiger partial charge in [0.05, 0.1) is 17.9 Å². The monoisotopic (exact) mass is 307 g/mol. The second-order valence-corrected chi connectivity index (χ2v) is 5.03. The first-order chi connectivity index (χ1) is 10.1. The van der Waals surface area contributed by atoms with Crippen LogP contribution in [0.1, 0.15) is 28.6 Å². The Morgan fingerprint density at radius 3 is 2.90 bits per heavy atom. The predicted octanol–water partition coefficient (Wildman–Crippen LogP) is 3.61. The van der Waals surface area contributed by atoms with E-state index in [-0.39, 0.29) is 5.91 Å². The van der Waals surface area contributed by atoms with E-state index in [1.54, 1.807) is 12.1 Å². The highest BCUT2D eigenvalue weighted by Gasteiger charge is 2.09. The molecule has 0 aliphatic rings. The number of nitrogens with one attached hydrogen (secondary N) is 1. The summed E-state index contributed by atoms with van der Waals surface area (Å²) < 4.78 is 10.5. The predicted molar refractivity (Wildman–Crippen MR) is 82.1 cm³/mol. The largest absolute Gasteiger partial charge is 0.492 e. The average molecular weight is 308 g/mol. The lowest BCUT2D eigenvalue weighted by Crippen LogP contribution is -2.25. The van der Waals surface area contributed by atoms with Gasteiger partial charge in [0.25, 0.3) is 5.91 Å². The van der Waals surface area contributed by atoms with Gasteiger partial charge in [-0.3, -0.25) is 4.79 Å². The van der Waals surface area contributed by atoms with E-state index in [4.69, 9.17) is 20.8 Å². The van der Waals surface area contributed by atoms with Crippen LogP contribution in [0.5, 0.6) is 5.75 Å². The molecule has 1 aromatic heterocycles. The highest BCUT2D eigenvalue weighted by molar-refractivity contribution is 6.32. The van der Waals surface area contributed by atoms with Gasteiger partial charge in [0.15, 0.2) is 5.76 Å². The van der Waals surface area contributed by atoms with Crippen molar-refractivity contribution in [2.24, 2.45) is 0 Å². The number of carbonyl (C=O) groups excluding carboxylic acids is 1. The molecule has 4 nitrogen and oxygen atoms in total. The topological polar surface area (TPSA) is 51.5 Å². The molecule has 1 N–H and O–H groups in total. The molecule has 2 rings (SSSR count). The second-order valence-electron chi connectivity index (χ2n) is 4.63. The van der Waals surface area contributed by atoms with Crippen molar-refractivity contribution >= 4 is 17.5 Å². The molecule has 2 aromatic rings. The van der Waals surface area contributed by atoms with Gasteiger partial charge in [-0.15, -0.1) is 0 Å². The van der Waals surface area contributed by atoms with Crippen molar-refractivity contribution in [2.75, 3.05) is 13.2 Å².